The summed E-state index contributed by atoms with van der Waals surface area (Å²) >= 11 is 0. The number of rotatable bonds is 1. The van der Waals surface area contributed by atoms with Gasteiger partial charge in [-0.25, -0.2) is 0 Å². The standard InChI is InChI=1S/C19H17NO3/c20-15-8-6-14(7-9-15)18-12-11-17(22)10-4-2-1-3-5-16(21)19(18,13-17)23-18/h1-2,6-9,16,21-22H,11-13,20H2/b2-1-/t16-,17-,18-,19+/m0/s1. The number of nitrogen functional groups attached to an aromatic ring is 1. The van der Waals surface area contributed by atoms with Crippen LogP contribution in [0.15, 0.2) is 36.4 Å². The first-order chi connectivity index (χ1) is 11.0. The Hall–Kier alpha value is -2.24. The highest BCUT2D eigenvalue weighted by Crippen LogP contribution is 2.67. The summed E-state index contributed by atoms with van der Waals surface area (Å²) in [5, 5.41) is 21.4. The Balaban J connectivity index is 1.81. The molecule has 4 heteroatoms. The molecule has 1 saturated carbocycles. The first kappa shape index (κ1) is 14.4. The summed E-state index contributed by atoms with van der Waals surface area (Å²) in [6.07, 6.45) is 3.47. The zero-order valence-electron chi connectivity index (χ0n) is 12.5. The third-order valence-corrected chi connectivity index (χ3v) is 5.04. The van der Waals surface area contributed by atoms with Crippen LogP contribution >= 0.6 is 0 Å². The van der Waals surface area contributed by atoms with Gasteiger partial charge in [-0.05, 0) is 42.7 Å². The van der Waals surface area contributed by atoms with E-state index in [4.69, 9.17) is 10.5 Å². The van der Waals surface area contributed by atoms with Gasteiger partial charge in [0.05, 0.1) is 0 Å². The third-order valence-electron chi connectivity index (χ3n) is 5.04. The maximum absolute atomic E-state index is 10.8. The van der Waals surface area contributed by atoms with Crippen LogP contribution < -0.4 is 5.73 Å². The number of aliphatic hydroxyl groups is 2. The minimum absolute atomic E-state index is 0.237. The Bertz CT molecular complexity index is 803. The number of epoxide rings is 1. The normalized spacial score (nSPS) is 41.4. The van der Waals surface area contributed by atoms with Crippen molar-refractivity contribution in [2.75, 3.05) is 5.73 Å². The predicted octanol–water partition coefficient (Wildman–Crippen LogP) is 1.09. The van der Waals surface area contributed by atoms with Crippen LogP contribution in [0.5, 0.6) is 0 Å². The summed E-state index contributed by atoms with van der Waals surface area (Å²) in [4.78, 5) is 0. The molecule has 0 radical (unpaired) electrons. The maximum atomic E-state index is 10.8. The van der Waals surface area contributed by atoms with Crippen LogP contribution in [0.1, 0.15) is 24.8 Å². The maximum Gasteiger partial charge on any atom is 0.147 e. The van der Waals surface area contributed by atoms with Crippen LogP contribution in [0, 0.1) is 23.7 Å². The minimum Gasteiger partial charge on any atom is -0.399 e. The predicted molar refractivity (Wildman–Crippen MR) is 85.8 cm³/mol. The van der Waals surface area contributed by atoms with Crippen molar-refractivity contribution in [2.24, 2.45) is 0 Å². The van der Waals surface area contributed by atoms with Crippen molar-refractivity contribution in [2.45, 2.75) is 42.2 Å². The molecule has 2 fully saturated rings. The number of aliphatic hydroxyl groups excluding tert-OH is 1. The molecule has 2 bridgehead atoms. The van der Waals surface area contributed by atoms with E-state index in [2.05, 4.69) is 23.7 Å². The van der Waals surface area contributed by atoms with Crippen molar-refractivity contribution in [3.8, 4) is 23.7 Å². The van der Waals surface area contributed by atoms with Crippen molar-refractivity contribution in [1.82, 2.24) is 0 Å². The summed E-state index contributed by atoms with van der Waals surface area (Å²) < 4.78 is 6.11. The van der Waals surface area contributed by atoms with Crippen molar-refractivity contribution in [1.29, 1.82) is 0 Å². The van der Waals surface area contributed by atoms with Gasteiger partial charge in [0, 0.05) is 12.1 Å². The fourth-order valence-electron chi connectivity index (χ4n) is 3.82. The molecule has 23 heavy (non-hydrogen) atoms. The second kappa shape index (κ2) is 4.63. The number of ether oxygens (including phenoxy) is 1. The van der Waals surface area contributed by atoms with Gasteiger partial charge in [0.1, 0.15) is 22.9 Å². The number of nitrogens with two attached hydrogens (primary N) is 1. The van der Waals surface area contributed by atoms with Crippen LogP contribution in [-0.2, 0) is 10.3 Å². The van der Waals surface area contributed by atoms with Crippen LogP contribution in [0.25, 0.3) is 0 Å². The first-order valence-electron chi connectivity index (χ1n) is 7.65. The molecular formula is C19H17NO3. The molecule has 0 aromatic heterocycles. The minimum atomic E-state index is -1.17. The average molecular weight is 307 g/mol. The number of allylic oxidation sites excluding steroid dienone is 2. The molecule has 1 saturated heterocycles. The zero-order valence-corrected chi connectivity index (χ0v) is 12.5. The van der Waals surface area contributed by atoms with Crippen molar-refractivity contribution in [3.63, 3.8) is 0 Å². The molecule has 4 N–H and O–H groups in total. The molecule has 1 heterocycles. The van der Waals surface area contributed by atoms with Gasteiger partial charge in [-0.1, -0.05) is 35.8 Å². The summed E-state index contributed by atoms with van der Waals surface area (Å²) in [5.74, 6) is 11.3. The SMILES string of the molecule is Nc1ccc([C@@]23CC[C@@]4(O)C#C/C=C\C#C[C@H](O)[C@@]2(C4)O3)cc1. The molecule has 2 aliphatic carbocycles. The molecule has 1 aromatic carbocycles. The topological polar surface area (TPSA) is 79.0 Å². The molecule has 4 atom stereocenters. The molecule has 4 rings (SSSR count). The Morgan fingerprint density at radius 2 is 1.87 bits per heavy atom. The van der Waals surface area contributed by atoms with Gasteiger partial charge in [0.15, 0.2) is 0 Å². The van der Waals surface area contributed by atoms with Gasteiger partial charge in [0.2, 0.25) is 0 Å². The highest BCUT2D eigenvalue weighted by Gasteiger charge is 2.77. The molecule has 0 unspecified atom stereocenters. The molecule has 1 spiro atoms. The number of anilines is 1. The van der Waals surface area contributed by atoms with Crippen LogP contribution in [0.2, 0.25) is 0 Å². The number of hydrogen-bond donors (Lipinski definition) is 3. The van der Waals surface area contributed by atoms with Crippen LogP contribution in [0.3, 0.4) is 0 Å². The molecule has 0 amide bonds. The second-order valence-corrected chi connectivity index (χ2v) is 6.44. The summed E-state index contributed by atoms with van der Waals surface area (Å²) in [6.45, 7) is 0. The molecule has 1 aliphatic heterocycles. The lowest BCUT2D eigenvalue weighted by molar-refractivity contribution is 0.0109. The molecule has 3 aliphatic rings. The molecule has 1 aromatic rings. The number of fused-ring (bicyclic) bond motifs is 1. The lowest BCUT2D eigenvalue weighted by atomic mass is 9.67. The van der Waals surface area contributed by atoms with E-state index in [1.807, 2.05) is 24.3 Å². The second-order valence-electron chi connectivity index (χ2n) is 6.44. The average Bonchev–Trinajstić information content (AvgIpc) is 3.21. The lowest BCUT2D eigenvalue weighted by Gasteiger charge is -2.35. The van der Waals surface area contributed by atoms with E-state index >= 15 is 0 Å². The molecular weight excluding hydrogens is 290 g/mol. The van der Waals surface area contributed by atoms with E-state index in [1.54, 1.807) is 12.2 Å². The summed E-state index contributed by atoms with van der Waals surface area (Å²) in [7, 11) is 0. The Kier molecular flexibility index (Phi) is 2.89. The van der Waals surface area contributed by atoms with E-state index < -0.39 is 22.9 Å². The third kappa shape index (κ3) is 2.00. The van der Waals surface area contributed by atoms with Crippen molar-refractivity contribution < 1.29 is 14.9 Å². The highest BCUT2D eigenvalue weighted by atomic mass is 16.6. The van der Waals surface area contributed by atoms with Gasteiger partial charge in [-0.15, -0.1) is 0 Å². The van der Waals surface area contributed by atoms with Crippen molar-refractivity contribution in [3.05, 3.63) is 42.0 Å². The molecule has 4 nitrogen and oxygen atoms in total. The van der Waals surface area contributed by atoms with E-state index in [0.29, 0.717) is 18.5 Å². The fraction of sp³-hybridized carbons (Fsp3) is 0.368. The molecule has 116 valence electrons. The number of benzene rings is 1. The van der Waals surface area contributed by atoms with E-state index in [0.717, 1.165) is 5.56 Å². The largest absolute Gasteiger partial charge is 0.399 e. The Labute approximate surface area is 135 Å². The summed E-state index contributed by atoms with van der Waals surface area (Å²) in [5.41, 5.74) is 4.67. The van der Waals surface area contributed by atoms with E-state index in [9.17, 15) is 10.2 Å². The zero-order chi connectivity index (χ0) is 16.1. The van der Waals surface area contributed by atoms with Gasteiger partial charge in [0.25, 0.3) is 0 Å². The van der Waals surface area contributed by atoms with Crippen molar-refractivity contribution >= 4 is 5.69 Å². The van der Waals surface area contributed by atoms with Gasteiger partial charge >= 0.3 is 0 Å². The van der Waals surface area contributed by atoms with Gasteiger partial charge in [-0.3, -0.25) is 0 Å². The van der Waals surface area contributed by atoms with Crippen LogP contribution in [0.4, 0.5) is 5.69 Å². The van der Waals surface area contributed by atoms with Gasteiger partial charge in [-0.2, -0.15) is 0 Å². The summed E-state index contributed by atoms with van der Waals surface area (Å²) in [6, 6.07) is 7.47. The Morgan fingerprint density at radius 1 is 1.13 bits per heavy atom. The quantitative estimate of drug-likeness (QED) is 0.412. The Morgan fingerprint density at radius 3 is 2.65 bits per heavy atom. The van der Waals surface area contributed by atoms with E-state index in [1.165, 1.54) is 0 Å². The first-order valence-corrected chi connectivity index (χ1v) is 7.65. The highest BCUT2D eigenvalue weighted by molar-refractivity contribution is 5.47. The van der Waals surface area contributed by atoms with E-state index in [-0.39, 0.29) is 6.42 Å². The lowest BCUT2D eigenvalue weighted by Crippen LogP contribution is -2.48. The van der Waals surface area contributed by atoms with Gasteiger partial charge < -0.3 is 20.7 Å². The fourth-order valence-corrected chi connectivity index (χ4v) is 3.82. The smallest absolute Gasteiger partial charge is 0.147 e. The number of hydrogen-bond acceptors (Lipinski definition) is 4. The van der Waals surface area contributed by atoms with Crippen LogP contribution in [-0.4, -0.2) is 27.5 Å². The monoisotopic (exact) mass is 307 g/mol.